The van der Waals surface area contributed by atoms with Gasteiger partial charge in [0.25, 0.3) is 5.91 Å². The number of nitrogens with zero attached hydrogens (tertiary/aromatic N) is 2. The lowest BCUT2D eigenvalue weighted by atomic mass is 10.0. The molecule has 0 aliphatic carbocycles. The van der Waals surface area contributed by atoms with Crippen molar-refractivity contribution in [2.75, 3.05) is 19.7 Å². The molecule has 2 N–H and O–H groups in total. The molecule has 0 bridgehead atoms. The number of carbonyl (C=O) groups is 2. The Hall–Kier alpha value is -1.97. The fourth-order valence-electron chi connectivity index (χ4n) is 4.20. The fourth-order valence-corrected chi connectivity index (χ4v) is 4.74. The molecule has 0 aromatic heterocycles. The van der Waals surface area contributed by atoms with Gasteiger partial charge in [-0.2, -0.15) is 0 Å². The number of hydrogen-bond donors (Lipinski definition) is 1. The van der Waals surface area contributed by atoms with Crippen LogP contribution in [0.5, 0.6) is 0 Å². The van der Waals surface area contributed by atoms with Gasteiger partial charge >= 0.3 is 0 Å². The summed E-state index contributed by atoms with van der Waals surface area (Å²) in [7, 11) is -3.90. The standard InChI is InChI=1S/C16H19N3O5S/c1-10-2-3-11(25(17,22)23)8-12(10)15(21)18-5-4-16-13(18)9-14(20)19(16)6-7-24-16/h2-3,8,13H,4-7,9H2,1H3,(H2,17,22,23)/t13-,16+/m1/s1. The van der Waals surface area contributed by atoms with E-state index >= 15 is 0 Å². The second-order valence-corrected chi connectivity index (χ2v) is 8.29. The van der Waals surface area contributed by atoms with Crippen LogP contribution in [0.15, 0.2) is 23.1 Å². The number of likely N-dealkylation sites (tertiary alicyclic amines) is 1. The molecule has 4 rings (SSSR count). The molecule has 25 heavy (non-hydrogen) atoms. The van der Waals surface area contributed by atoms with Crippen molar-refractivity contribution in [3.05, 3.63) is 29.3 Å². The van der Waals surface area contributed by atoms with Gasteiger partial charge in [0.15, 0.2) is 5.72 Å². The van der Waals surface area contributed by atoms with Crippen LogP contribution >= 0.6 is 0 Å². The van der Waals surface area contributed by atoms with Crippen molar-refractivity contribution in [3.8, 4) is 0 Å². The summed E-state index contributed by atoms with van der Waals surface area (Å²) in [6.07, 6.45) is 0.808. The zero-order valence-corrected chi connectivity index (χ0v) is 14.6. The van der Waals surface area contributed by atoms with Crippen LogP contribution in [0.3, 0.4) is 0 Å². The number of nitrogens with two attached hydrogens (primary N) is 1. The van der Waals surface area contributed by atoms with Crippen LogP contribution in [-0.2, 0) is 19.6 Å². The summed E-state index contributed by atoms with van der Waals surface area (Å²) in [6.45, 7) is 3.23. The van der Waals surface area contributed by atoms with Crippen molar-refractivity contribution in [1.82, 2.24) is 9.80 Å². The topological polar surface area (TPSA) is 110 Å². The first-order valence-corrected chi connectivity index (χ1v) is 9.67. The summed E-state index contributed by atoms with van der Waals surface area (Å²) in [5.41, 5.74) is 0.234. The Morgan fingerprint density at radius 2 is 2.12 bits per heavy atom. The summed E-state index contributed by atoms with van der Waals surface area (Å²) in [4.78, 5) is 28.6. The van der Waals surface area contributed by atoms with Crippen molar-refractivity contribution in [1.29, 1.82) is 0 Å². The van der Waals surface area contributed by atoms with E-state index < -0.39 is 15.7 Å². The monoisotopic (exact) mass is 365 g/mol. The number of hydrogen-bond acceptors (Lipinski definition) is 5. The van der Waals surface area contributed by atoms with Crippen LogP contribution in [0.2, 0.25) is 0 Å². The number of primary sulfonamides is 1. The molecule has 1 aromatic carbocycles. The van der Waals surface area contributed by atoms with Crippen molar-refractivity contribution in [2.45, 2.75) is 36.4 Å². The predicted molar refractivity (Wildman–Crippen MR) is 87.0 cm³/mol. The summed E-state index contributed by atoms with van der Waals surface area (Å²) >= 11 is 0. The van der Waals surface area contributed by atoms with E-state index in [0.29, 0.717) is 31.7 Å². The maximum absolute atomic E-state index is 13.1. The SMILES string of the molecule is Cc1ccc(S(N)(=O)=O)cc1C(=O)N1CC[C@@]23OCCN2C(=O)C[C@@H]13. The maximum Gasteiger partial charge on any atom is 0.254 e. The highest BCUT2D eigenvalue weighted by Gasteiger charge is 2.62. The minimum atomic E-state index is -3.90. The number of aryl methyl sites for hydroxylation is 1. The van der Waals surface area contributed by atoms with Crippen molar-refractivity contribution in [3.63, 3.8) is 0 Å². The molecule has 1 aromatic rings. The summed E-state index contributed by atoms with van der Waals surface area (Å²) in [5.74, 6) is -0.301. The summed E-state index contributed by atoms with van der Waals surface area (Å²) in [6, 6.07) is 3.92. The molecular weight excluding hydrogens is 346 g/mol. The first-order chi connectivity index (χ1) is 11.7. The number of amides is 2. The van der Waals surface area contributed by atoms with Crippen molar-refractivity contribution < 1.29 is 22.7 Å². The minimum Gasteiger partial charge on any atom is -0.351 e. The molecule has 3 aliphatic rings. The Bertz CT molecular complexity index is 884. The fraction of sp³-hybridized carbons (Fsp3) is 0.500. The first kappa shape index (κ1) is 16.5. The van der Waals surface area contributed by atoms with Crippen LogP contribution in [0.4, 0.5) is 0 Å². The van der Waals surface area contributed by atoms with E-state index in [1.807, 2.05) is 0 Å². The van der Waals surface area contributed by atoms with E-state index in [4.69, 9.17) is 9.88 Å². The highest BCUT2D eigenvalue weighted by Crippen LogP contribution is 2.46. The van der Waals surface area contributed by atoms with Gasteiger partial charge in [0.05, 0.1) is 24.0 Å². The van der Waals surface area contributed by atoms with Gasteiger partial charge in [0.1, 0.15) is 0 Å². The third-order valence-corrected chi connectivity index (χ3v) is 6.34. The lowest BCUT2D eigenvalue weighted by molar-refractivity contribution is -0.136. The predicted octanol–water partition coefficient (Wildman–Crippen LogP) is -0.184. The lowest BCUT2D eigenvalue weighted by Gasteiger charge is -2.31. The normalized spacial score (nSPS) is 28.4. The molecule has 134 valence electrons. The second-order valence-electron chi connectivity index (χ2n) is 6.73. The molecular formula is C16H19N3O5S. The molecule has 9 heteroatoms. The molecule has 3 fully saturated rings. The van der Waals surface area contributed by atoms with E-state index in [0.717, 1.165) is 0 Å². The summed E-state index contributed by atoms with van der Waals surface area (Å²) in [5, 5.41) is 5.18. The molecule has 8 nitrogen and oxygen atoms in total. The molecule has 3 saturated heterocycles. The van der Waals surface area contributed by atoms with Gasteiger partial charge in [0.2, 0.25) is 15.9 Å². The van der Waals surface area contributed by atoms with Crippen LogP contribution in [0.1, 0.15) is 28.8 Å². The Kier molecular flexibility index (Phi) is 3.47. The zero-order valence-electron chi connectivity index (χ0n) is 13.8. The van der Waals surface area contributed by atoms with Gasteiger partial charge in [-0.15, -0.1) is 0 Å². The molecule has 3 heterocycles. The zero-order chi connectivity index (χ0) is 18.0. The van der Waals surface area contributed by atoms with E-state index in [1.54, 1.807) is 22.8 Å². The van der Waals surface area contributed by atoms with Gasteiger partial charge in [-0.25, -0.2) is 13.6 Å². The van der Waals surface area contributed by atoms with Gasteiger partial charge in [-0.1, -0.05) is 6.07 Å². The van der Waals surface area contributed by atoms with E-state index in [9.17, 15) is 18.0 Å². The number of carbonyl (C=O) groups excluding carboxylic acids is 2. The molecule has 2 amide bonds. The third-order valence-electron chi connectivity index (χ3n) is 5.43. The van der Waals surface area contributed by atoms with Crippen LogP contribution in [0.25, 0.3) is 0 Å². The molecule has 0 radical (unpaired) electrons. The highest BCUT2D eigenvalue weighted by molar-refractivity contribution is 7.89. The first-order valence-electron chi connectivity index (χ1n) is 8.13. The maximum atomic E-state index is 13.1. The van der Waals surface area contributed by atoms with Gasteiger partial charge in [0, 0.05) is 25.1 Å². The summed E-state index contributed by atoms with van der Waals surface area (Å²) < 4.78 is 29.1. The number of rotatable bonds is 2. The number of ether oxygens (including phenoxy) is 1. The van der Waals surface area contributed by atoms with Gasteiger partial charge in [-0.3, -0.25) is 9.59 Å². The van der Waals surface area contributed by atoms with E-state index in [2.05, 4.69) is 0 Å². The van der Waals surface area contributed by atoms with Crippen molar-refractivity contribution in [2.24, 2.45) is 5.14 Å². The van der Waals surface area contributed by atoms with Gasteiger partial charge in [-0.05, 0) is 24.6 Å². The minimum absolute atomic E-state index is 0.00462. The third kappa shape index (κ3) is 2.30. The molecule has 1 spiro atoms. The lowest BCUT2D eigenvalue weighted by Crippen LogP contribution is -2.48. The van der Waals surface area contributed by atoms with Crippen LogP contribution in [-0.4, -0.2) is 61.5 Å². The quantitative estimate of drug-likeness (QED) is 0.781. The highest BCUT2D eigenvalue weighted by atomic mass is 32.2. The second kappa shape index (κ2) is 5.26. The van der Waals surface area contributed by atoms with Gasteiger partial charge < -0.3 is 14.5 Å². The van der Waals surface area contributed by atoms with Crippen molar-refractivity contribution >= 4 is 21.8 Å². The molecule has 0 saturated carbocycles. The Labute approximate surface area is 145 Å². The van der Waals surface area contributed by atoms with Crippen LogP contribution in [0, 0.1) is 6.92 Å². The van der Waals surface area contributed by atoms with E-state index in [1.165, 1.54) is 12.1 Å². The molecule has 3 aliphatic heterocycles. The Balaban J connectivity index is 1.70. The smallest absolute Gasteiger partial charge is 0.254 e. The largest absolute Gasteiger partial charge is 0.351 e. The molecule has 0 unspecified atom stereocenters. The average Bonchev–Trinajstić information content (AvgIpc) is 3.17. The Morgan fingerprint density at radius 3 is 2.84 bits per heavy atom. The number of sulfonamides is 1. The molecule has 2 atom stereocenters. The number of benzene rings is 1. The van der Waals surface area contributed by atoms with E-state index in [-0.39, 0.29) is 34.7 Å². The van der Waals surface area contributed by atoms with Crippen LogP contribution < -0.4 is 5.14 Å². The average molecular weight is 365 g/mol. The Morgan fingerprint density at radius 1 is 1.36 bits per heavy atom.